The number of fused-ring (bicyclic) bond motifs is 1. The van der Waals surface area contributed by atoms with Crippen LogP contribution in [0.1, 0.15) is 89.4 Å². The van der Waals surface area contributed by atoms with E-state index in [1.165, 1.54) is 0 Å². The van der Waals surface area contributed by atoms with Gasteiger partial charge in [-0.3, -0.25) is 39.0 Å². The molecule has 1 aromatic heterocycles. The number of carbonyl (C=O) groups excluding carboxylic acids is 6. The molecule has 17 heteroatoms. The van der Waals surface area contributed by atoms with Crippen molar-refractivity contribution in [3.63, 3.8) is 0 Å². The van der Waals surface area contributed by atoms with Crippen LogP contribution in [0.5, 0.6) is 0 Å². The van der Waals surface area contributed by atoms with Gasteiger partial charge in [0.05, 0.1) is 28.0 Å². The van der Waals surface area contributed by atoms with Crippen LogP contribution < -0.4 is 26.6 Å². The lowest BCUT2D eigenvalue weighted by molar-refractivity contribution is -0.136. The number of imide groups is 2. The van der Waals surface area contributed by atoms with Crippen LogP contribution in [0.2, 0.25) is 5.02 Å². The van der Waals surface area contributed by atoms with Crippen LogP contribution in [0.3, 0.4) is 0 Å². The minimum Gasteiger partial charge on any atom is -0.384 e. The Morgan fingerprint density at radius 1 is 0.922 bits per heavy atom. The third-order valence-corrected chi connectivity index (χ3v) is 12.4. The fourth-order valence-electron chi connectivity index (χ4n) is 8.51. The summed E-state index contributed by atoms with van der Waals surface area (Å²) in [6, 6.07) is 17.5. The van der Waals surface area contributed by atoms with Crippen molar-refractivity contribution in [2.45, 2.75) is 64.3 Å². The zero-order valence-electron chi connectivity index (χ0n) is 35.1. The van der Waals surface area contributed by atoms with E-state index in [-0.39, 0.29) is 53.5 Å². The number of unbranched alkanes of at least 4 members (excludes halogenated alkanes) is 1. The van der Waals surface area contributed by atoms with Gasteiger partial charge in [0.2, 0.25) is 23.7 Å². The van der Waals surface area contributed by atoms with Crippen LogP contribution >= 0.6 is 11.6 Å². The van der Waals surface area contributed by atoms with Gasteiger partial charge in [-0.05, 0) is 98.5 Å². The number of nitrogens with zero attached hydrogens (tertiary/aromatic N) is 4. The van der Waals surface area contributed by atoms with Crippen molar-refractivity contribution in [2.75, 3.05) is 40.9 Å². The van der Waals surface area contributed by atoms with Gasteiger partial charge in [-0.2, -0.15) is 4.98 Å². The van der Waals surface area contributed by atoms with Gasteiger partial charge < -0.3 is 26.2 Å². The highest BCUT2D eigenvalue weighted by Crippen LogP contribution is 2.34. The Hall–Kier alpha value is -6.94. The van der Waals surface area contributed by atoms with Gasteiger partial charge in [0.15, 0.2) is 11.6 Å². The van der Waals surface area contributed by atoms with Crippen LogP contribution in [0.15, 0.2) is 96.3 Å². The fourth-order valence-corrected chi connectivity index (χ4v) is 8.69. The average molecular weight is 888 g/mol. The number of amides is 6. The first-order valence-corrected chi connectivity index (χ1v) is 21.8. The summed E-state index contributed by atoms with van der Waals surface area (Å²) in [5.41, 5.74) is 4.30. The van der Waals surface area contributed by atoms with E-state index in [0.29, 0.717) is 66.0 Å². The van der Waals surface area contributed by atoms with Crippen LogP contribution in [0.4, 0.5) is 33.2 Å². The second-order valence-electron chi connectivity index (χ2n) is 16.5. The Bertz CT molecular complexity index is 2580. The number of nitrogens with one attached hydrogen (secondary N) is 5. The Labute approximate surface area is 373 Å². The smallest absolute Gasteiger partial charge is 0.264 e. The molecule has 4 aromatic rings. The topological polar surface area (TPSA) is 195 Å². The maximum absolute atomic E-state index is 14.8. The first-order valence-electron chi connectivity index (χ1n) is 21.4. The molecule has 5 N–H and O–H groups in total. The monoisotopic (exact) mass is 887 g/mol. The molecule has 0 radical (unpaired) electrons. The summed E-state index contributed by atoms with van der Waals surface area (Å²) in [6.07, 6.45) is 9.68. The molecule has 4 heterocycles. The van der Waals surface area contributed by atoms with E-state index >= 15 is 0 Å². The number of hydrogen-bond donors (Lipinski definition) is 5. The zero-order valence-corrected chi connectivity index (χ0v) is 35.8. The Balaban J connectivity index is 0.774. The number of rotatable bonds is 15. The summed E-state index contributed by atoms with van der Waals surface area (Å²) in [4.78, 5) is 88.1. The molecule has 64 heavy (non-hydrogen) atoms. The number of aromatic nitrogens is 2. The van der Waals surface area contributed by atoms with Crippen molar-refractivity contribution in [2.24, 2.45) is 11.8 Å². The first kappa shape index (κ1) is 43.7. The van der Waals surface area contributed by atoms with Crippen LogP contribution in [-0.4, -0.2) is 80.9 Å². The van der Waals surface area contributed by atoms with Gasteiger partial charge >= 0.3 is 0 Å². The summed E-state index contributed by atoms with van der Waals surface area (Å²) < 4.78 is 14.8. The average Bonchev–Trinajstić information content (AvgIpc) is 3.86. The molecule has 8 rings (SSSR count). The van der Waals surface area contributed by atoms with Crippen LogP contribution in [-0.2, 0) is 14.4 Å². The number of hydrogen-bond acceptors (Lipinski definition) is 11. The third kappa shape index (κ3) is 9.81. The second-order valence-corrected chi connectivity index (χ2v) is 16.9. The number of anilines is 5. The molecule has 6 amide bonds. The highest BCUT2D eigenvalue weighted by molar-refractivity contribution is 6.34. The van der Waals surface area contributed by atoms with Gasteiger partial charge in [0.25, 0.3) is 17.7 Å². The molecule has 2 saturated heterocycles. The SMILES string of the molecule is CC1CC(Nc2ncc(F)c(Nc3ccc(C(=O)Nc4ccccc4Cl)cc3)n2)=CC=C1CC(=O)N1CCC(CCCCNc2cccc3c2C(=O)N(C2CCC(=O)NC2=O)C3=O)C1. The fraction of sp³-hybridized carbons (Fsp3) is 0.319. The minimum atomic E-state index is -1.02. The molecule has 3 aliphatic heterocycles. The highest BCUT2D eigenvalue weighted by atomic mass is 35.5. The second kappa shape index (κ2) is 19.2. The first-order chi connectivity index (χ1) is 30.9. The third-order valence-electron chi connectivity index (χ3n) is 12.0. The van der Waals surface area contributed by atoms with Crippen molar-refractivity contribution >= 4 is 75.9 Å². The van der Waals surface area contributed by atoms with E-state index in [1.807, 2.05) is 17.1 Å². The van der Waals surface area contributed by atoms with E-state index in [0.717, 1.165) is 48.1 Å². The Morgan fingerprint density at radius 2 is 1.72 bits per heavy atom. The highest BCUT2D eigenvalue weighted by Gasteiger charge is 2.45. The van der Waals surface area contributed by atoms with Gasteiger partial charge in [-0.25, -0.2) is 9.37 Å². The van der Waals surface area contributed by atoms with Crippen LogP contribution in [0, 0.1) is 17.7 Å². The van der Waals surface area contributed by atoms with Crippen molar-refractivity contribution in [1.82, 2.24) is 25.1 Å². The molecular formula is C47H47ClFN9O6. The molecule has 0 saturated carbocycles. The Kier molecular flexibility index (Phi) is 13.1. The number of halogens is 2. The van der Waals surface area contributed by atoms with Crippen molar-refractivity contribution in [3.05, 3.63) is 124 Å². The number of para-hydroxylation sites is 1. The van der Waals surface area contributed by atoms with Crippen molar-refractivity contribution in [1.29, 1.82) is 0 Å². The van der Waals surface area contributed by atoms with Crippen LogP contribution in [0.25, 0.3) is 0 Å². The number of likely N-dealkylation sites (tertiary alicyclic amines) is 1. The predicted molar refractivity (Wildman–Crippen MR) is 239 cm³/mol. The molecule has 15 nitrogen and oxygen atoms in total. The molecule has 3 atom stereocenters. The van der Waals surface area contributed by atoms with Crippen molar-refractivity contribution < 1.29 is 33.2 Å². The largest absolute Gasteiger partial charge is 0.384 e. The van der Waals surface area contributed by atoms with Crippen molar-refractivity contribution in [3.8, 4) is 0 Å². The number of benzene rings is 3. The van der Waals surface area contributed by atoms with Gasteiger partial charge in [0.1, 0.15) is 6.04 Å². The molecule has 1 aliphatic carbocycles. The summed E-state index contributed by atoms with van der Waals surface area (Å²) in [6.45, 7) is 4.06. The lowest BCUT2D eigenvalue weighted by Gasteiger charge is -2.27. The maximum Gasteiger partial charge on any atom is 0.264 e. The lowest BCUT2D eigenvalue weighted by Crippen LogP contribution is -2.54. The molecular weight excluding hydrogens is 841 g/mol. The molecule has 0 spiro atoms. The van der Waals surface area contributed by atoms with E-state index in [9.17, 15) is 33.2 Å². The summed E-state index contributed by atoms with van der Waals surface area (Å²) >= 11 is 6.16. The summed E-state index contributed by atoms with van der Waals surface area (Å²) in [5, 5.41) is 14.9. The molecule has 0 bridgehead atoms. The van der Waals surface area contributed by atoms with Gasteiger partial charge in [0, 0.05) is 55.1 Å². The molecule has 2 fully saturated rings. The van der Waals surface area contributed by atoms with Gasteiger partial charge in [-0.1, -0.05) is 54.8 Å². The lowest BCUT2D eigenvalue weighted by atomic mass is 9.89. The number of carbonyl (C=O) groups is 6. The summed E-state index contributed by atoms with van der Waals surface area (Å²) in [7, 11) is 0. The predicted octanol–water partition coefficient (Wildman–Crippen LogP) is 7.45. The molecule has 330 valence electrons. The quantitative estimate of drug-likeness (QED) is 0.0588. The molecule has 3 unspecified atom stereocenters. The minimum absolute atomic E-state index is 0.0364. The zero-order chi connectivity index (χ0) is 44.9. The van der Waals surface area contributed by atoms with E-state index < -0.39 is 35.5 Å². The van der Waals surface area contributed by atoms with Gasteiger partial charge in [-0.15, -0.1) is 0 Å². The van der Waals surface area contributed by atoms with E-state index in [2.05, 4.69) is 43.5 Å². The molecule has 3 aromatic carbocycles. The number of allylic oxidation sites excluding steroid dienone is 3. The Morgan fingerprint density at radius 3 is 2.50 bits per heavy atom. The maximum atomic E-state index is 14.8. The normalized spacial score (nSPS) is 19.5. The van der Waals surface area contributed by atoms with E-state index in [4.69, 9.17) is 11.6 Å². The summed E-state index contributed by atoms with van der Waals surface area (Å²) in [5.74, 6) is -2.38. The van der Waals surface area contributed by atoms with E-state index in [1.54, 1.807) is 66.7 Å². The number of piperidine rings is 1. The molecule has 4 aliphatic rings. The standard InChI is InChI=1S/C47H47ClFN9O6/c1-27-23-32(53-47-51-25-35(49)42(56-47)52-31-15-12-29(13-16-31)43(61)54-36-10-3-2-9-34(36)48)17-14-30(27)24-40(60)57-22-20-28(26-57)7-4-5-21-50-37-11-6-8-33-41(37)46(64)58(45(33)63)38-18-19-39(59)55-44(38)62/h2-3,6,8-17,25,27-28,38,50H,4-5,7,18-24,26H2,1H3,(H,54,61)(H,55,59,62)(H2,51,52,53,56).